The van der Waals surface area contributed by atoms with Gasteiger partial charge in [0.25, 0.3) is 0 Å². The van der Waals surface area contributed by atoms with Gasteiger partial charge in [-0.25, -0.2) is 0 Å². The number of anilines is 1. The Kier molecular flexibility index (Phi) is 5.65. The van der Waals surface area contributed by atoms with Crippen LogP contribution >= 0.6 is 0 Å². The maximum absolute atomic E-state index is 5.71. The highest BCUT2D eigenvalue weighted by Gasteiger charge is 2.35. The first-order valence-electron chi connectivity index (χ1n) is 8.08. The highest BCUT2D eigenvalue weighted by molar-refractivity contribution is 5.59. The van der Waals surface area contributed by atoms with Crippen molar-refractivity contribution in [2.75, 3.05) is 37.9 Å². The van der Waals surface area contributed by atoms with Crippen molar-refractivity contribution in [2.45, 2.75) is 45.6 Å². The molecule has 1 aromatic rings. The highest BCUT2D eigenvalue weighted by atomic mass is 16.5. The summed E-state index contributed by atoms with van der Waals surface area (Å²) in [5.41, 5.74) is 3.01. The molecule has 3 nitrogen and oxygen atoms in total. The second-order valence-electron chi connectivity index (χ2n) is 6.44. The number of ether oxygens (including phenoxy) is 2. The van der Waals surface area contributed by atoms with Crippen LogP contribution in [-0.4, -0.2) is 38.5 Å². The lowest BCUT2D eigenvalue weighted by molar-refractivity contribution is 0.0542. The Morgan fingerprint density at radius 1 is 1.14 bits per heavy atom. The van der Waals surface area contributed by atoms with Crippen molar-refractivity contribution in [1.29, 1.82) is 0 Å². The van der Waals surface area contributed by atoms with E-state index in [9.17, 15) is 0 Å². The Morgan fingerprint density at radius 2 is 1.86 bits per heavy atom. The molecule has 0 radical (unpaired) electrons. The van der Waals surface area contributed by atoms with Crippen LogP contribution in [0.3, 0.4) is 0 Å². The van der Waals surface area contributed by atoms with Crippen LogP contribution in [0.25, 0.3) is 0 Å². The summed E-state index contributed by atoms with van der Waals surface area (Å²) in [4.78, 5) is 2.50. The van der Waals surface area contributed by atoms with Crippen LogP contribution in [0.15, 0.2) is 24.3 Å². The molecule has 0 spiro atoms. The van der Waals surface area contributed by atoms with Crippen molar-refractivity contribution in [3.8, 4) is 0 Å². The van der Waals surface area contributed by atoms with E-state index in [1.807, 2.05) is 6.92 Å². The summed E-state index contributed by atoms with van der Waals surface area (Å²) < 4.78 is 11.0. The number of para-hydroxylation sites is 1. The molecule has 0 fully saturated rings. The van der Waals surface area contributed by atoms with E-state index in [0.717, 1.165) is 19.8 Å². The molecule has 1 unspecified atom stereocenters. The quantitative estimate of drug-likeness (QED) is 0.713. The van der Waals surface area contributed by atoms with Crippen molar-refractivity contribution >= 4 is 5.69 Å². The lowest BCUT2D eigenvalue weighted by Crippen LogP contribution is -2.49. The number of hydrogen-bond acceptors (Lipinski definition) is 3. The molecule has 1 aliphatic rings. The molecule has 118 valence electrons. The van der Waals surface area contributed by atoms with Crippen molar-refractivity contribution in [3.63, 3.8) is 0 Å². The van der Waals surface area contributed by atoms with Crippen molar-refractivity contribution in [2.24, 2.45) is 0 Å². The fourth-order valence-corrected chi connectivity index (χ4v) is 3.39. The molecule has 0 N–H and O–H groups in total. The smallest absolute Gasteiger partial charge is 0.0701 e. The zero-order valence-corrected chi connectivity index (χ0v) is 13.9. The van der Waals surface area contributed by atoms with Crippen LogP contribution in [0.1, 0.15) is 45.6 Å². The minimum atomic E-state index is 0.178. The van der Waals surface area contributed by atoms with Gasteiger partial charge in [0.2, 0.25) is 0 Å². The zero-order chi connectivity index (χ0) is 15.3. The van der Waals surface area contributed by atoms with Gasteiger partial charge in [-0.2, -0.15) is 0 Å². The van der Waals surface area contributed by atoms with Gasteiger partial charge in [-0.15, -0.1) is 0 Å². The third-order valence-electron chi connectivity index (χ3n) is 4.33. The molecule has 0 amide bonds. The molecule has 21 heavy (non-hydrogen) atoms. The van der Waals surface area contributed by atoms with Crippen LogP contribution in [0.4, 0.5) is 5.69 Å². The second kappa shape index (κ2) is 7.28. The van der Waals surface area contributed by atoms with Crippen molar-refractivity contribution in [1.82, 2.24) is 0 Å². The number of nitrogens with zero attached hydrogens (tertiary/aromatic N) is 1. The summed E-state index contributed by atoms with van der Waals surface area (Å²) in [5.74, 6) is 0.617. The van der Waals surface area contributed by atoms with Crippen molar-refractivity contribution < 1.29 is 9.47 Å². The minimum absolute atomic E-state index is 0.178. The lowest BCUT2D eigenvalue weighted by Gasteiger charge is -2.47. The van der Waals surface area contributed by atoms with E-state index in [0.29, 0.717) is 19.1 Å². The van der Waals surface area contributed by atoms with Crippen LogP contribution in [0.5, 0.6) is 0 Å². The van der Waals surface area contributed by atoms with E-state index in [4.69, 9.17) is 9.47 Å². The van der Waals surface area contributed by atoms with Crippen molar-refractivity contribution in [3.05, 3.63) is 29.8 Å². The Bertz CT molecular complexity index is 445. The van der Waals surface area contributed by atoms with Gasteiger partial charge in [0.05, 0.1) is 19.8 Å². The average Bonchev–Trinajstić information content (AvgIpc) is 2.45. The van der Waals surface area contributed by atoms with E-state index >= 15 is 0 Å². The van der Waals surface area contributed by atoms with E-state index in [-0.39, 0.29) is 5.54 Å². The zero-order valence-electron chi connectivity index (χ0n) is 13.9. The molecule has 0 saturated carbocycles. The number of fused-ring (bicyclic) bond motifs is 1. The monoisotopic (exact) mass is 291 g/mol. The number of hydrogen-bond donors (Lipinski definition) is 0. The fourth-order valence-electron chi connectivity index (χ4n) is 3.39. The van der Waals surface area contributed by atoms with Gasteiger partial charge in [-0.05, 0) is 44.7 Å². The summed E-state index contributed by atoms with van der Waals surface area (Å²) >= 11 is 0. The first-order valence-corrected chi connectivity index (χ1v) is 8.08. The molecule has 2 rings (SSSR count). The van der Waals surface area contributed by atoms with Crippen LogP contribution in [0.2, 0.25) is 0 Å². The fraction of sp³-hybridized carbons (Fsp3) is 0.667. The van der Waals surface area contributed by atoms with E-state index in [2.05, 4.69) is 49.9 Å². The Morgan fingerprint density at radius 3 is 2.62 bits per heavy atom. The maximum atomic E-state index is 5.71. The summed E-state index contributed by atoms with van der Waals surface area (Å²) in [6.45, 7) is 12.8. The Balaban J connectivity index is 1.98. The minimum Gasteiger partial charge on any atom is -0.379 e. The average molecular weight is 291 g/mol. The van der Waals surface area contributed by atoms with Crippen LogP contribution in [-0.2, 0) is 9.47 Å². The van der Waals surface area contributed by atoms with Gasteiger partial charge in [-0.3, -0.25) is 0 Å². The van der Waals surface area contributed by atoms with Gasteiger partial charge in [0.15, 0.2) is 0 Å². The largest absolute Gasteiger partial charge is 0.379 e. The maximum Gasteiger partial charge on any atom is 0.0701 e. The Labute approximate surface area is 129 Å². The Hall–Kier alpha value is -1.06. The van der Waals surface area contributed by atoms with E-state index in [1.54, 1.807) is 0 Å². The normalized spacial score (nSPS) is 20.4. The SMILES string of the molecule is CCOCCOCCN1c2ccccc2C(C)CC1(C)C. The highest BCUT2D eigenvalue weighted by Crippen LogP contribution is 2.42. The predicted octanol–water partition coefficient (Wildman–Crippen LogP) is 3.83. The van der Waals surface area contributed by atoms with E-state index < -0.39 is 0 Å². The molecule has 0 aromatic heterocycles. The molecule has 0 aliphatic carbocycles. The van der Waals surface area contributed by atoms with E-state index in [1.165, 1.54) is 17.7 Å². The predicted molar refractivity (Wildman–Crippen MR) is 88.2 cm³/mol. The molecule has 1 heterocycles. The summed E-state index contributed by atoms with van der Waals surface area (Å²) in [7, 11) is 0. The topological polar surface area (TPSA) is 21.7 Å². The third-order valence-corrected chi connectivity index (χ3v) is 4.33. The molecule has 0 saturated heterocycles. The first-order chi connectivity index (χ1) is 10.1. The van der Waals surface area contributed by atoms with Gasteiger partial charge >= 0.3 is 0 Å². The molecule has 3 heteroatoms. The third kappa shape index (κ3) is 3.98. The molecular formula is C18H29NO2. The number of rotatable bonds is 7. The molecule has 1 aromatic carbocycles. The van der Waals surface area contributed by atoms with Crippen LogP contribution < -0.4 is 4.90 Å². The molecular weight excluding hydrogens is 262 g/mol. The van der Waals surface area contributed by atoms with Gasteiger partial charge in [-0.1, -0.05) is 25.1 Å². The molecule has 1 atom stereocenters. The second-order valence-corrected chi connectivity index (χ2v) is 6.44. The lowest BCUT2D eigenvalue weighted by atomic mass is 9.80. The van der Waals surface area contributed by atoms with Crippen LogP contribution in [0, 0.1) is 0 Å². The summed E-state index contributed by atoms with van der Waals surface area (Å²) in [5, 5.41) is 0. The molecule has 0 bridgehead atoms. The summed E-state index contributed by atoms with van der Waals surface area (Å²) in [6.07, 6.45) is 1.18. The van der Waals surface area contributed by atoms with Gasteiger partial charge in [0, 0.05) is 24.4 Å². The van der Waals surface area contributed by atoms with Gasteiger partial charge in [0.1, 0.15) is 0 Å². The summed E-state index contributed by atoms with van der Waals surface area (Å²) in [6, 6.07) is 8.78. The standard InChI is InChI=1S/C18H29NO2/c1-5-20-12-13-21-11-10-19-17-9-7-6-8-16(17)15(2)14-18(19,3)4/h6-9,15H,5,10-14H2,1-4H3. The molecule has 1 aliphatic heterocycles. The first kappa shape index (κ1) is 16.3. The number of benzene rings is 1. The van der Waals surface area contributed by atoms with Gasteiger partial charge < -0.3 is 14.4 Å².